The Hall–Kier alpha value is -3.09. The molecule has 1 unspecified atom stereocenters. The molecule has 0 saturated carbocycles. The van der Waals surface area contributed by atoms with Crippen LogP contribution < -0.4 is 5.32 Å². The van der Waals surface area contributed by atoms with Gasteiger partial charge in [0.25, 0.3) is 0 Å². The second-order valence-electron chi connectivity index (χ2n) is 5.89. The summed E-state index contributed by atoms with van der Waals surface area (Å²) in [4.78, 5) is 24.9. The van der Waals surface area contributed by atoms with E-state index >= 15 is 0 Å². The zero-order valence-electron chi connectivity index (χ0n) is 14.6. The Kier molecular flexibility index (Phi) is 6.03. The smallest absolute Gasteiger partial charge is 0.226 e. The molecule has 7 nitrogen and oxygen atoms in total. The van der Waals surface area contributed by atoms with Gasteiger partial charge in [0.2, 0.25) is 17.6 Å². The highest BCUT2D eigenvalue weighted by atomic mass is 16.5. The summed E-state index contributed by atoms with van der Waals surface area (Å²) in [5.74, 6) is 1.03. The molecule has 0 aliphatic heterocycles. The molecule has 3 heterocycles. The molecule has 0 bridgehead atoms. The zero-order valence-corrected chi connectivity index (χ0v) is 14.6. The molecule has 3 aromatic heterocycles. The minimum absolute atomic E-state index is 0.00509. The molecule has 0 aliphatic carbocycles. The van der Waals surface area contributed by atoms with Crippen LogP contribution in [0.5, 0.6) is 0 Å². The fourth-order valence-corrected chi connectivity index (χ4v) is 2.60. The van der Waals surface area contributed by atoms with Crippen molar-refractivity contribution in [2.45, 2.75) is 38.6 Å². The summed E-state index contributed by atoms with van der Waals surface area (Å²) >= 11 is 0. The standard InChI is InChI=1S/C19H21N5O2/c1-2-15(16-8-3-4-12-21-16)22-17(25)9-5-10-18-23-19(24-26-18)14-7-6-11-20-13-14/h3-4,6-8,11-13,15H,2,5,9-10H2,1H3,(H,22,25). The predicted molar refractivity (Wildman–Crippen MR) is 95.9 cm³/mol. The Morgan fingerprint density at radius 1 is 1.23 bits per heavy atom. The van der Waals surface area contributed by atoms with E-state index in [9.17, 15) is 4.79 Å². The van der Waals surface area contributed by atoms with Crippen LogP contribution in [0.4, 0.5) is 0 Å². The normalized spacial score (nSPS) is 11.9. The van der Waals surface area contributed by atoms with Crippen molar-refractivity contribution in [3.05, 3.63) is 60.5 Å². The largest absolute Gasteiger partial charge is 0.348 e. The summed E-state index contributed by atoms with van der Waals surface area (Å²) in [6, 6.07) is 9.34. The van der Waals surface area contributed by atoms with Gasteiger partial charge in [0, 0.05) is 37.0 Å². The van der Waals surface area contributed by atoms with E-state index in [1.54, 1.807) is 18.6 Å². The molecular formula is C19H21N5O2. The van der Waals surface area contributed by atoms with Gasteiger partial charge in [0.15, 0.2) is 0 Å². The molecule has 0 aliphatic rings. The first kappa shape index (κ1) is 17.7. The monoisotopic (exact) mass is 351 g/mol. The molecule has 0 fully saturated rings. The third-order valence-corrected chi connectivity index (χ3v) is 3.97. The molecule has 26 heavy (non-hydrogen) atoms. The minimum Gasteiger partial charge on any atom is -0.348 e. The highest BCUT2D eigenvalue weighted by molar-refractivity contribution is 5.76. The summed E-state index contributed by atoms with van der Waals surface area (Å²) in [5.41, 5.74) is 1.68. The van der Waals surface area contributed by atoms with E-state index in [1.807, 2.05) is 37.3 Å². The van der Waals surface area contributed by atoms with Crippen LogP contribution in [0.15, 0.2) is 53.4 Å². The van der Waals surface area contributed by atoms with E-state index in [0.29, 0.717) is 31.0 Å². The van der Waals surface area contributed by atoms with E-state index in [4.69, 9.17) is 4.52 Å². The lowest BCUT2D eigenvalue weighted by Gasteiger charge is -2.16. The molecule has 0 aromatic carbocycles. The van der Waals surface area contributed by atoms with Crippen LogP contribution in [0.3, 0.4) is 0 Å². The summed E-state index contributed by atoms with van der Waals surface area (Å²) < 4.78 is 5.24. The average Bonchev–Trinajstić information content (AvgIpc) is 3.16. The van der Waals surface area contributed by atoms with Crippen LogP contribution in [0.2, 0.25) is 0 Å². The Morgan fingerprint density at radius 2 is 2.15 bits per heavy atom. The first-order valence-electron chi connectivity index (χ1n) is 8.69. The number of carbonyl (C=O) groups is 1. The summed E-state index contributed by atoms with van der Waals surface area (Å²) in [6.07, 6.45) is 7.50. The number of rotatable bonds is 8. The Balaban J connectivity index is 1.47. The molecule has 0 saturated heterocycles. The third kappa shape index (κ3) is 4.72. The van der Waals surface area contributed by atoms with Crippen LogP contribution in [-0.4, -0.2) is 26.0 Å². The van der Waals surface area contributed by atoms with Crippen molar-refractivity contribution < 1.29 is 9.32 Å². The Labute approximate surface area is 151 Å². The maximum atomic E-state index is 12.2. The van der Waals surface area contributed by atoms with Crippen molar-refractivity contribution in [1.29, 1.82) is 0 Å². The molecule has 3 rings (SSSR count). The topological polar surface area (TPSA) is 93.8 Å². The molecule has 7 heteroatoms. The molecule has 134 valence electrons. The van der Waals surface area contributed by atoms with Crippen LogP contribution in [0, 0.1) is 0 Å². The number of pyridine rings is 2. The summed E-state index contributed by atoms with van der Waals surface area (Å²) in [5, 5.41) is 6.97. The lowest BCUT2D eigenvalue weighted by atomic mass is 10.1. The predicted octanol–water partition coefficient (Wildman–Crippen LogP) is 3.12. The Morgan fingerprint density at radius 3 is 2.88 bits per heavy atom. The van der Waals surface area contributed by atoms with Crippen LogP contribution >= 0.6 is 0 Å². The van der Waals surface area contributed by atoms with Crippen molar-refractivity contribution >= 4 is 5.91 Å². The maximum absolute atomic E-state index is 12.2. The van der Waals surface area contributed by atoms with Gasteiger partial charge in [0.1, 0.15) is 0 Å². The number of hydrogen-bond donors (Lipinski definition) is 1. The van der Waals surface area contributed by atoms with E-state index in [2.05, 4.69) is 25.4 Å². The lowest BCUT2D eigenvalue weighted by molar-refractivity contribution is -0.122. The van der Waals surface area contributed by atoms with Gasteiger partial charge >= 0.3 is 0 Å². The zero-order chi connectivity index (χ0) is 18.2. The second kappa shape index (κ2) is 8.84. The van der Waals surface area contributed by atoms with Crippen molar-refractivity contribution in [2.24, 2.45) is 0 Å². The van der Waals surface area contributed by atoms with Gasteiger partial charge < -0.3 is 9.84 Å². The van der Waals surface area contributed by atoms with Gasteiger partial charge in [-0.3, -0.25) is 14.8 Å². The summed E-state index contributed by atoms with van der Waals surface area (Å²) in [7, 11) is 0. The van der Waals surface area contributed by atoms with Gasteiger partial charge in [-0.2, -0.15) is 4.98 Å². The van der Waals surface area contributed by atoms with Crippen molar-refractivity contribution in [3.63, 3.8) is 0 Å². The molecule has 3 aromatic rings. The fraction of sp³-hybridized carbons (Fsp3) is 0.316. The number of carbonyl (C=O) groups excluding carboxylic acids is 1. The van der Waals surface area contributed by atoms with Gasteiger partial charge in [0.05, 0.1) is 11.7 Å². The van der Waals surface area contributed by atoms with Crippen LogP contribution in [0.25, 0.3) is 11.4 Å². The summed E-state index contributed by atoms with van der Waals surface area (Å²) in [6.45, 7) is 2.03. The minimum atomic E-state index is -0.0655. The van der Waals surface area contributed by atoms with Crippen molar-refractivity contribution in [1.82, 2.24) is 25.4 Å². The Bertz CT molecular complexity index is 820. The average molecular weight is 351 g/mol. The molecule has 1 atom stereocenters. The number of hydrogen-bond acceptors (Lipinski definition) is 6. The fourth-order valence-electron chi connectivity index (χ4n) is 2.60. The van der Waals surface area contributed by atoms with Crippen molar-refractivity contribution in [2.75, 3.05) is 0 Å². The number of aryl methyl sites for hydroxylation is 1. The van der Waals surface area contributed by atoms with Crippen molar-refractivity contribution in [3.8, 4) is 11.4 Å². The highest BCUT2D eigenvalue weighted by Crippen LogP contribution is 2.16. The quantitative estimate of drug-likeness (QED) is 0.670. The number of nitrogens with one attached hydrogen (secondary N) is 1. The number of nitrogens with zero attached hydrogens (tertiary/aromatic N) is 4. The molecule has 0 radical (unpaired) electrons. The lowest BCUT2D eigenvalue weighted by Crippen LogP contribution is -2.28. The van der Waals surface area contributed by atoms with Gasteiger partial charge in [-0.1, -0.05) is 18.1 Å². The van der Waals surface area contributed by atoms with E-state index in [1.165, 1.54) is 0 Å². The van der Waals surface area contributed by atoms with Crippen LogP contribution in [0.1, 0.15) is 43.8 Å². The second-order valence-corrected chi connectivity index (χ2v) is 5.89. The maximum Gasteiger partial charge on any atom is 0.226 e. The number of aromatic nitrogens is 4. The third-order valence-electron chi connectivity index (χ3n) is 3.97. The van der Waals surface area contributed by atoms with E-state index in [-0.39, 0.29) is 11.9 Å². The van der Waals surface area contributed by atoms with Gasteiger partial charge in [-0.25, -0.2) is 0 Å². The first-order valence-corrected chi connectivity index (χ1v) is 8.69. The first-order chi connectivity index (χ1) is 12.8. The molecule has 1 amide bonds. The SMILES string of the molecule is CCC(NC(=O)CCCc1nc(-c2cccnc2)no1)c1ccccn1. The van der Waals surface area contributed by atoms with Crippen LogP contribution in [-0.2, 0) is 11.2 Å². The van der Waals surface area contributed by atoms with E-state index in [0.717, 1.165) is 17.7 Å². The number of amides is 1. The van der Waals surface area contributed by atoms with Gasteiger partial charge in [-0.15, -0.1) is 0 Å². The van der Waals surface area contributed by atoms with Gasteiger partial charge in [-0.05, 0) is 37.1 Å². The van der Waals surface area contributed by atoms with E-state index < -0.39 is 0 Å². The molecular weight excluding hydrogens is 330 g/mol. The molecule has 0 spiro atoms. The highest BCUT2D eigenvalue weighted by Gasteiger charge is 2.14. The molecule has 1 N–H and O–H groups in total.